The molecular weight excluding hydrogens is 234 g/mol. The normalized spacial score (nSPS) is 10.1. The molecule has 0 radical (unpaired) electrons. The van der Waals surface area contributed by atoms with Crippen molar-refractivity contribution in [2.24, 2.45) is 0 Å². The number of rotatable bonds is 4. The highest BCUT2D eigenvalue weighted by atomic mass is 32.1. The van der Waals surface area contributed by atoms with Gasteiger partial charge in [0.15, 0.2) is 0 Å². The molecule has 0 spiro atoms. The number of nitrogens with zero attached hydrogens (tertiary/aromatic N) is 1. The summed E-state index contributed by atoms with van der Waals surface area (Å²) < 4.78 is 0. The van der Waals surface area contributed by atoms with Crippen molar-refractivity contribution in [1.29, 1.82) is 0 Å². The maximum absolute atomic E-state index is 11.6. The SMILES string of the molecule is Nc1cccc(CC(=O)NCc2cscn2)c1. The molecule has 1 amide bonds. The van der Waals surface area contributed by atoms with Crippen molar-refractivity contribution in [2.45, 2.75) is 13.0 Å². The monoisotopic (exact) mass is 247 g/mol. The number of nitrogens with one attached hydrogen (secondary N) is 1. The van der Waals surface area contributed by atoms with Crippen molar-refractivity contribution in [3.8, 4) is 0 Å². The van der Waals surface area contributed by atoms with Gasteiger partial charge in [0.1, 0.15) is 0 Å². The summed E-state index contributed by atoms with van der Waals surface area (Å²) in [5, 5.41) is 4.73. The molecule has 4 nitrogen and oxygen atoms in total. The molecule has 0 aliphatic heterocycles. The average Bonchev–Trinajstić information content (AvgIpc) is 2.79. The minimum atomic E-state index is -0.0244. The minimum absolute atomic E-state index is 0.0244. The van der Waals surface area contributed by atoms with Gasteiger partial charge in [0, 0.05) is 11.1 Å². The number of carbonyl (C=O) groups excluding carboxylic acids is 1. The molecule has 3 N–H and O–H groups in total. The van der Waals surface area contributed by atoms with E-state index >= 15 is 0 Å². The van der Waals surface area contributed by atoms with Gasteiger partial charge in [-0.05, 0) is 17.7 Å². The molecule has 0 fully saturated rings. The van der Waals surface area contributed by atoms with E-state index in [4.69, 9.17) is 5.73 Å². The Morgan fingerprint density at radius 3 is 3.06 bits per heavy atom. The van der Waals surface area contributed by atoms with Crippen molar-refractivity contribution >= 4 is 22.9 Å². The number of nitrogens with two attached hydrogens (primary N) is 1. The number of aromatic nitrogens is 1. The molecular formula is C12H13N3OS. The molecule has 0 unspecified atom stereocenters. The summed E-state index contributed by atoms with van der Waals surface area (Å²) in [6, 6.07) is 7.34. The predicted octanol–water partition coefficient (Wildman–Crippen LogP) is 1.58. The van der Waals surface area contributed by atoms with Crippen molar-refractivity contribution in [3.05, 3.63) is 46.4 Å². The van der Waals surface area contributed by atoms with Crippen LogP contribution in [0, 0.1) is 0 Å². The Bertz CT molecular complexity index is 496. The summed E-state index contributed by atoms with van der Waals surface area (Å²) in [4.78, 5) is 15.7. The summed E-state index contributed by atoms with van der Waals surface area (Å²) >= 11 is 1.52. The van der Waals surface area contributed by atoms with Crippen LogP contribution in [0.5, 0.6) is 0 Å². The van der Waals surface area contributed by atoms with Gasteiger partial charge in [-0.25, -0.2) is 4.98 Å². The highest BCUT2D eigenvalue weighted by Gasteiger charge is 2.04. The molecule has 0 saturated carbocycles. The van der Waals surface area contributed by atoms with E-state index in [2.05, 4.69) is 10.3 Å². The molecule has 1 aromatic heterocycles. The third-order valence-corrected chi connectivity index (χ3v) is 2.90. The fraction of sp³-hybridized carbons (Fsp3) is 0.167. The lowest BCUT2D eigenvalue weighted by molar-refractivity contribution is -0.120. The zero-order valence-electron chi connectivity index (χ0n) is 9.22. The maximum Gasteiger partial charge on any atom is 0.224 e. The first-order valence-corrected chi connectivity index (χ1v) is 6.16. The first kappa shape index (κ1) is 11.6. The fourth-order valence-electron chi connectivity index (χ4n) is 1.46. The van der Waals surface area contributed by atoms with Gasteiger partial charge in [0.05, 0.1) is 24.2 Å². The van der Waals surface area contributed by atoms with Gasteiger partial charge in [-0.1, -0.05) is 12.1 Å². The Hall–Kier alpha value is -1.88. The summed E-state index contributed by atoms with van der Waals surface area (Å²) in [5.41, 5.74) is 9.87. The van der Waals surface area contributed by atoms with E-state index in [1.807, 2.05) is 23.6 Å². The van der Waals surface area contributed by atoms with Crippen LogP contribution in [0.3, 0.4) is 0 Å². The van der Waals surface area contributed by atoms with Crippen molar-refractivity contribution in [1.82, 2.24) is 10.3 Å². The van der Waals surface area contributed by atoms with Crippen LogP contribution in [0.25, 0.3) is 0 Å². The van der Waals surface area contributed by atoms with Crippen molar-refractivity contribution < 1.29 is 4.79 Å². The van der Waals surface area contributed by atoms with Crippen LogP contribution in [0.4, 0.5) is 5.69 Å². The van der Waals surface area contributed by atoms with E-state index in [1.54, 1.807) is 11.6 Å². The van der Waals surface area contributed by atoms with E-state index in [0.717, 1.165) is 11.3 Å². The third-order valence-electron chi connectivity index (χ3n) is 2.27. The topological polar surface area (TPSA) is 68.0 Å². The van der Waals surface area contributed by atoms with Gasteiger partial charge in [-0.3, -0.25) is 4.79 Å². The molecule has 1 heterocycles. The van der Waals surface area contributed by atoms with Gasteiger partial charge in [-0.15, -0.1) is 11.3 Å². The van der Waals surface area contributed by atoms with Crippen molar-refractivity contribution in [3.63, 3.8) is 0 Å². The van der Waals surface area contributed by atoms with Crippen LogP contribution in [-0.2, 0) is 17.8 Å². The number of amides is 1. The minimum Gasteiger partial charge on any atom is -0.399 e. The Morgan fingerprint density at radius 1 is 1.47 bits per heavy atom. The molecule has 88 valence electrons. The molecule has 0 saturated heterocycles. The van der Waals surface area contributed by atoms with Gasteiger partial charge in [0.25, 0.3) is 0 Å². The van der Waals surface area contributed by atoms with Crippen LogP contribution in [-0.4, -0.2) is 10.9 Å². The molecule has 2 rings (SSSR count). The molecule has 0 bridgehead atoms. The Balaban J connectivity index is 1.85. The standard InChI is InChI=1S/C12H13N3OS/c13-10-3-1-2-9(4-10)5-12(16)14-6-11-7-17-8-15-11/h1-4,7-8H,5-6,13H2,(H,14,16). The second-order valence-corrected chi connectivity index (χ2v) is 4.40. The first-order chi connectivity index (χ1) is 8.24. The predicted molar refractivity (Wildman–Crippen MR) is 68.5 cm³/mol. The van der Waals surface area contributed by atoms with E-state index in [1.165, 1.54) is 11.3 Å². The Kier molecular flexibility index (Phi) is 3.72. The zero-order chi connectivity index (χ0) is 12.1. The largest absolute Gasteiger partial charge is 0.399 e. The number of thiazole rings is 1. The number of benzene rings is 1. The summed E-state index contributed by atoms with van der Waals surface area (Å²) in [6.07, 6.45) is 0.342. The van der Waals surface area contributed by atoms with E-state index in [0.29, 0.717) is 18.7 Å². The van der Waals surface area contributed by atoms with Crippen LogP contribution in [0.15, 0.2) is 35.2 Å². The van der Waals surface area contributed by atoms with Crippen LogP contribution in [0.2, 0.25) is 0 Å². The average molecular weight is 247 g/mol. The first-order valence-electron chi connectivity index (χ1n) is 5.22. The number of hydrogen-bond donors (Lipinski definition) is 2. The van der Waals surface area contributed by atoms with Gasteiger partial charge in [0.2, 0.25) is 5.91 Å². The number of carbonyl (C=O) groups is 1. The smallest absolute Gasteiger partial charge is 0.224 e. The number of hydrogen-bond acceptors (Lipinski definition) is 4. The Labute approximate surface area is 103 Å². The Morgan fingerprint density at radius 2 is 2.35 bits per heavy atom. The van der Waals surface area contributed by atoms with Crippen LogP contribution < -0.4 is 11.1 Å². The van der Waals surface area contributed by atoms with E-state index < -0.39 is 0 Å². The van der Waals surface area contributed by atoms with Crippen LogP contribution in [0.1, 0.15) is 11.3 Å². The van der Waals surface area contributed by atoms with E-state index in [9.17, 15) is 4.79 Å². The summed E-state index contributed by atoms with van der Waals surface area (Å²) in [6.45, 7) is 0.477. The number of nitrogen functional groups attached to an aromatic ring is 1. The van der Waals surface area contributed by atoms with Gasteiger partial charge >= 0.3 is 0 Å². The molecule has 0 aliphatic carbocycles. The van der Waals surface area contributed by atoms with Gasteiger partial charge < -0.3 is 11.1 Å². The highest BCUT2D eigenvalue weighted by Crippen LogP contribution is 2.07. The van der Waals surface area contributed by atoms with E-state index in [-0.39, 0.29) is 5.91 Å². The molecule has 0 aliphatic rings. The second kappa shape index (κ2) is 5.45. The molecule has 1 aromatic carbocycles. The second-order valence-electron chi connectivity index (χ2n) is 3.68. The van der Waals surface area contributed by atoms with Crippen LogP contribution >= 0.6 is 11.3 Å². The lowest BCUT2D eigenvalue weighted by Gasteiger charge is -2.04. The maximum atomic E-state index is 11.6. The molecule has 5 heteroatoms. The summed E-state index contributed by atoms with van der Waals surface area (Å²) in [7, 11) is 0. The zero-order valence-corrected chi connectivity index (χ0v) is 10.0. The quantitative estimate of drug-likeness (QED) is 0.806. The highest BCUT2D eigenvalue weighted by molar-refractivity contribution is 7.07. The number of anilines is 1. The lowest BCUT2D eigenvalue weighted by atomic mass is 10.1. The fourth-order valence-corrected chi connectivity index (χ4v) is 2.02. The summed E-state index contributed by atoms with van der Waals surface area (Å²) in [5.74, 6) is -0.0244. The lowest BCUT2D eigenvalue weighted by Crippen LogP contribution is -2.24. The molecule has 0 atom stereocenters. The third kappa shape index (κ3) is 3.57. The van der Waals surface area contributed by atoms with Crippen molar-refractivity contribution in [2.75, 3.05) is 5.73 Å². The van der Waals surface area contributed by atoms with Gasteiger partial charge in [-0.2, -0.15) is 0 Å². The molecule has 17 heavy (non-hydrogen) atoms. The molecule has 2 aromatic rings.